The molecule has 2 N–H and O–H groups in total. The lowest BCUT2D eigenvalue weighted by atomic mass is 10.2. The number of hydrogen-bond acceptors (Lipinski definition) is 3. The van der Waals surface area contributed by atoms with Gasteiger partial charge in [-0.1, -0.05) is 26.2 Å². The molecule has 5 nitrogen and oxygen atoms in total. The Morgan fingerprint density at radius 3 is 2.76 bits per heavy atom. The third-order valence-electron chi connectivity index (χ3n) is 3.32. The van der Waals surface area contributed by atoms with E-state index in [0.29, 0.717) is 31.2 Å². The lowest BCUT2D eigenvalue weighted by Gasteiger charge is -2.11. The highest BCUT2D eigenvalue weighted by molar-refractivity contribution is 5.89. The average molecular weight is 292 g/mol. The topological polar surface area (TPSA) is 59.6 Å². The van der Waals surface area contributed by atoms with E-state index in [4.69, 9.17) is 9.47 Å². The molecule has 0 aliphatic carbocycles. The first kappa shape index (κ1) is 15.5. The van der Waals surface area contributed by atoms with Crippen molar-refractivity contribution in [3.63, 3.8) is 0 Å². The first-order valence-electron chi connectivity index (χ1n) is 7.74. The maximum Gasteiger partial charge on any atom is 0.319 e. The van der Waals surface area contributed by atoms with Crippen LogP contribution < -0.4 is 20.1 Å². The van der Waals surface area contributed by atoms with E-state index < -0.39 is 0 Å². The molecule has 116 valence electrons. The fourth-order valence-corrected chi connectivity index (χ4v) is 2.17. The molecular weight excluding hydrogens is 268 g/mol. The van der Waals surface area contributed by atoms with Crippen molar-refractivity contribution in [2.45, 2.75) is 39.0 Å². The lowest BCUT2D eigenvalue weighted by molar-refractivity contribution is 0.252. The van der Waals surface area contributed by atoms with Crippen molar-refractivity contribution in [2.24, 2.45) is 0 Å². The second-order valence-electron chi connectivity index (χ2n) is 5.15. The third-order valence-corrected chi connectivity index (χ3v) is 3.32. The van der Waals surface area contributed by atoms with E-state index in [9.17, 15) is 4.79 Å². The Morgan fingerprint density at radius 2 is 1.95 bits per heavy atom. The van der Waals surface area contributed by atoms with E-state index >= 15 is 0 Å². The molecule has 0 fully saturated rings. The van der Waals surface area contributed by atoms with Crippen LogP contribution >= 0.6 is 0 Å². The smallest absolute Gasteiger partial charge is 0.319 e. The van der Waals surface area contributed by atoms with Gasteiger partial charge in [0, 0.05) is 24.7 Å². The van der Waals surface area contributed by atoms with Crippen molar-refractivity contribution in [3.8, 4) is 11.5 Å². The maximum absolute atomic E-state index is 11.8. The number of urea groups is 1. The van der Waals surface area contributed by atoms with Crippen molar-refractivity contribution < 1.29 is 14.3 Å². The fraction of sp³-hybridized carbons (Fsp3) is 0.562. The summed E-state index contributed by atoms with van der Waals surface area (Å²) in [6.45, 7) is 4.18. The monoisotopic (exact) mass is 292 g/mol. The summed E-state index contributed by atoms with van der Waals surface area (Å²) in [5.41, 5.74) is 0.713. The molecule has 0 radical (unpaired) electrons. The highest BCUT2D eigenvalue weighted by Gasteiger charge is 2.11. The van der Waals surface area contributed by atoms with Crippen molar-refractivity contribution in [1.29, 1.82) is 0 Å². The Hall–Kier alpha value is -1.91. The van der Waals surface area contributed by atoms with Crippen molar-refractivity contribution in [1.82, 2.24) is 5.32 Å². The van der Waals surface area contributed by atoms with Gasteiger partial charge in [-0.15, -0.1) is 0 Å². The molecule has 0 unspecified atom stereocenters. The summed E-state index contributed by atoms with van der Waals surface area (Å²) >= 11 is 0. The third kappa shape index (κ3) is 5.17. The number of amides is 2. The zero-order valence-electron chi connectivity index (χ0n) is 12.6. The number of carbonyl (C=O) groups is 1. The van der Waals surface area contributed by atoms with Crippen LogP contribution in [-0.4, -0.2) is 25.8 Å². The molecule has 0 saturated carbocycles. The van der Waals surface area contributed by atoms with E-state index in [0.717, 1.165) is 25.0 Å². The van der Waals surface area contributed by atoms with Crippen molar-refractivity contribution >= 4 is 11.7 Å². The van der Waals surface area contributed by atoms with Crippen molar-refractivity contribution in [2.75, 3.05) is 25.1 Å². The standard InChI is InChI=1S/C16H24N2O3/c1-2-3-4-5-9-17-16(19)18-13-7-8-14-15(12-13)21-11-6-10-20-14/h7-8,12H,2-6,9-11H2,1H3,(H2,17,18,19). The van der Waals surface area contributed by atoms with Crippen LogP contribution in [0.15, 0.2) is 18.2 Å². The lowest BCUT2D eigenvalue weighted by Crippen LogP contribution is -2.29. The summed E-state index contributed by atoms with van der Waals surface area (Å²) in [5, 5.41) is 5.68. The predicted molar refractivity (Wildman–Crippen MR) is 83.2 cm³/mol. The zero-order chi connectivity index (χ0) is 14.9. The van der Waals surface area contributed by atoms with Gasteiger partial charge in [0.1, 0.15) is 0 Å². The van der Waals surface area contributed by atoms with Crippen LogP contribution in [0.3, 0.4) is 0 Å². The van der Waals surface area contributed by atoms with Gasteiger partial charge >= 0.3 is 6.03 Å². The molecule has 1 aromatic rings. The number of hydrogen-bond donors (Lipinski definition) is 2. The Labute approximate surface area is 126 Å². The number of benzene rings is 1. The predicted octanol–water partition coefficient (Wildman–Crippen LogP) is 3.55. The van der Waals surface area contributed by atoms with Crippen LogP contribution in [0.5, 0.6) is 11.5 Å². The summed E-state index contributed by atoms with van der Waals surface area (Å²) in [6.07, 6.45) is 5.45. The van der Waals surface area contributed by atoms with Gasteiger partial charge in [0.25, 0.3) is 0 Å². The minimum atomic E-state index is -0.180. The van der Waals surface area contributed by atoms with Crippen LogP contribution in [-0.2, 0) is 0 Å². The summed E-state index contributed by atoms with van der Waals surface area (Å²) in [5.74, 6) is 1.42. The number of ether oxygens (including phenoxy) is 2. The van der Waals surface area contributed by atoms with Gasteiger partial charge < -0.3 is 20.1 Å². The molecule has 1 heterocycles. The molecule has 5 heteroatoms. The van der Waals surface area contributed by atoms with Gasteiger partial charge in [-0.3, -0.25) is 0 Å². The van der Waals surface area contributed by atoms with Crippen LogP contribution in [0.1, 0.15) is 39.0 Å². The molecule has 2 amide bonds. The van der Waals surface area contributed by atoms with Crippen LogP contribution in [0.25, 0.3) is 0 Å². The average Bonchev–Trinajstić information content (AvgIpc) is 2.72. The molecule has 1 aliphatic rings. The van der Waals surface area contributed by atoms with Gasteiger partial charge in [-0.2, -0.15) is 0 Å². The van der Waals surface area contributed by atoms with E-state index in [-0.39, 0.29) is 6.03 Å². The SMILES string of the molecule is CCCCCCNC(=O)Nc1ccc2c(c1)OCCCO2. The summed E-state index contributed by atoms with van der Waals surface area (Å²) < 4.78 is 11.2. The molecule has 0 spiro atoms. The molecule has 0 bridgehead atoms. The van der Waals surface area contributed by atoms with Gasteiger partial charge in [0.05, 0.1) is 13.2 Å². The van der Waals surface area contributed by atoms with Gasteiger partial charge in [0.15, 0.2) is 11.5 Å². The van der Waals surface area contributed by atoms with Gasteiger partial charge in [-0.25, -0.2) is 4.79 Å². The Morgan fingerprint density at radius 1 is 1.14 bits per heavy atom. The Balaban J connectivity index is 1.79. The largest absolute Gasteiger partial charge is 0.490 e. The summed E-state index contributed by atoms with van der Waals surface area (Å²) in [4.78, 5) is 11.8. The maximum atomic E-state index is 11.8. The molecule has 0 atom stereocenters. The Bertz CT molecular complexity index is 463. The number of anilines is 1. The highest BCUT2D eigenvalue weighted by Crippen LogP contribution is 2.32. The second kappa shape index (κ2) is 8.39. The van der Waals surface area contributed by atoms with Crippen molar-refractivity contribution in [3.05, 3.63) is 18.2 Å². The number of carbonyl (C=O) groups excluding carboxylic acids is 1. The molecule has 1 aromatic carbocycles. The minimum Gasteiger partial charge on any atom is -0.490 e. The summed E-state index contributed by atoms with van der Waals surface area (Å²) in [6, 6.07) is 5.28. The molecule has 1 aliphatic heterocycles. The highest BCUT2D eigenvalue weighted by atomic mass is 16.5. The number of unbranched alkanes of at least 4 members (excludes halogenated alkanes) is 3. The van der Waals surface area contributed by atoms with E-state index in [1.165, 1.54) is 12.8 Å². The van der Waals surface area contributed by atoms with Crippen LogP contribution in [0.2, 0.25) is 0 Å². The Kier molecular flexibility index (Phi) is 6.19. The van der Waals surface area contributed by atoms with E-state index in [1.54, 1.807) is 6.07 Å². The second-order valence-corrected chi connectivity index (χ2v) is 5.15. The quantitative estimate of drug-likeness (QED) is 0.788. The zero-order valence-corrected chi connectivity index (χ0v) is 12.6. The molecule has 0 aromatic heterocycles. The van der Waals surface area contributed by atoms with Crippen LogP contribution in [0.4, 0.5) is 10.5 Å². The minimum absolute atomic E-state index is 0.180. The van der Waals surface area contributed by atoms with Gasteiger partial charge in [0.2, 0.25) is 0 Å². The normalized spacial score (nSPS) is 13.4. The first-order valence-corrected chi connectivity index (χ1v) is 7.74. The number of fused-ring (bicyclic) bond motifs is 1. The fourth-order valence-electron chi connectivity index (χ4n) is 2.17. The molecule has 0 saturated heterocycles. The van der Waals surface area contributed by atoms with Gasteiger partial charge in [-0.05, 0) is 18.6 Å². The van der Waals surface area contributed by atoms with Crippen LogP contribution in [0, 0.1) is 0 Å². The van der Waals surface area contributed by atoms with E-state index in [2.05, 4.69) is 17.6 Å². The molecule has 2 rings (SSSR count). The van der Waals surface area contributed by atoms with E-state index in [1.807, 2.05) is 12.1 Å². The molecule has 21 heavy (non-hydrogen) atoms. The number of nitrogens with one attached hydrogen (secondary N) is 2. The number of rotatable bonds is 6. The molecular formula is C16H24N2O3. The first-order chi connectivity index (χ1) is 10.3. The summed E-state index contributed by atoms with van der Waals surface area (Å²) in [7, 11) is 0.